The lowest BCUT2D eigenvalue weighted by molar-refractivity contribution is -0.150. The van der Waals surface area contributed by atoms with Crippen molar-refractivity contribution >= 4 is 17.7 Å². The van der Waals surface area contributed by atoms with Crippen molar-refractivity contribution in [1.82, 2.24) is 14.7 Å². The standard InChI is InChI=1S/C23H33N3O4/c1-23(2,3)22(29)26-10-6-9-19(26)21(28)25-13-11-24(12-14-25)20(27)16-17-7-5-8-18(15-17)30-4/h5,7-8,15,19H,6,9-14,16H2,1-4H3. The summed E-state index contributed by atoms with van der Waals surface area (Å²) in [5.74, 6) is 0.845. The molecule has 0 bridgehead atoms. The van der Waals surface area contributed by atoms with E-state index in [-0.39, 0.29) is 23.8 Å². The van der Waals surface area contributed by atoms with Crippen LogP contribution in [0.2, 0.25) is 0 Å². The molecule has 30 heavy (non-hydrogen) atoms. The van der Waals surface area contributed by atoms with Crippen LogP contribution in [-0.2, 0) is 20.8 Å². The molecule has 7 nitrogen and oxygen atoms in total. The number of piperazine rings is 1. The van der Waals surface area contributed by atoms with E-state index in [1.807, 2.05) is 54.8 Å². The fraction of sp³-hybridized carbons (Fsp3) is 0.609. The molecule has 164 valence electrons. The number of carbonyl (C=O) groups is 3. The van der Waals surface area contributed by atoms with E-state index in [4.69, 9.17) is 4.74 Å². The number of rotatable bonds is 4. The Labute approximate surface area is 179 Å². The number of benzene rings is 1. The molecule has 1 aromatic carbocycles. The zero-order chi connectivity index (χ0) is 21.9. The first-order valence-corrected chi connectivity index (χ1v) is 10.7. The van der Waals surface area contributed by atoms with Gasteiger partial charge in [-0.05, 0) is 30.5 Å². The number of nitrogens with zero attached hydrogens (tertiary/aromatic N) is 3. The predicted octanol–water partition coefficient (Wildman–Crippen LogP) is 1.95. The van der Waals surface area contributed by atoms with Crippen LogP contribution in [0.25, 0.3) is 0 Å². The Morgan fingerprint density at radius 3 is 2.33 bits per heavy atom. The van der Waals surface area contributed by atoms with Crippen molar-refractivity contribution in [2.24, 2.45) is 5.41 Å². The highest BCUT2D eigenvalue weighted by molar-refractivity contribution is 5.90. The molecule has 0 aromatic heterocycles. The van der Waals surface area contributed by atoms with Crippen molar-refractivity contribution in [2.75, 3.05) is 39.8 Å². The van der Waals surface area contributed by atoms with E-state index in [9.17, 15) is 14.4 Å². The van der Waals surface area contributed by atoms with Crippen molar-refractivity contribution in [3.05, 3.63) is 29.8 Å². The Kier molecular flexibility index (Phi) is 6.68. The normalized spacial score (nSPS) is 19.7. The minimum absolute atomic E-state index is 0.0185. The third-order valence-electron chi connectivity index (χ3n) is 5.87. The molecule has 1 atom stereocenters. The maximum Gasteiger partial charge on any atom is 0.245 e. The second-order valence-corrected chi connectivity index (χ2v) is 9.14. The van der Waals surface area contributed by atoms with Crippen LogP contribution in [0.15, 0.2) is 24.3 Å². The number of likely N-dealkylation sites (tertiary alicyclic amines) is 1. The van der Waals surface area contributed by atoms with E-state index >= 15 is 0 Å². The fourth-order valence-electron chi connectivity index (χ4n) is 4.15. The van der Waals surface area contributed by atoms with Gasteiger partial charge in [-0.25, -0.2) is 0 Å². The topological polar surface area (TPSA) is 70.2 Å². The molecule has 2 saturated heterocycles. The van der Waals surface area contributed by atoms with Gasteiger partial charge in [0, 0.05) is 38.1 Å². The zero-order valence-electron chi connectivity index (χ0n) is 18.5. The van der Waals surface area contributed by atoms with Crippen LogP contribution in [0.1, 0.15) is 39.2 Å². The molecule has 2 aliphatic rings. The summed E-state index contributed by atoms with van der Waals surface area (Å²) in [6, 6.07) is 7.16. The first-order chi connectivity index (χ1) is 14.2. The molecule has 0 N–H and O–H groups in total. The van der Waals surface area contributed by atoms with Gasteiger partial charge in [0.1, 0.15) is 11.8 Å². The van der Waals surface area contributed by atoms with Gasteiger partial charge in [-0.15, -0.1) is 0 Å². The third kappa shape index (κ3) is 4.94. The molecule has 2 heterocycles. The lowest BCUT2D eigenvalue weighted by Gasteiger charge is -2.38. The molecule has 3 amide bonds. The molecule has 0 aliphatic carbocycles. The van der Waals surface area contributed by atoms with Crippen LogP contribution < -0.4 is 4.74 Å². The van der Waals surface area contributed by atoms with Crippen LogP contribution in [0.3, 0.4) is 0 Å². The Bertz CT molecular complexity index is 794. The molecule has 2 fully saturated rings. The smallest absolute Gasteiger partial charge is 0.245 e. The molecule has 3 rings (SSSR count). The summed E-state index contributed by atoms with van der Waals surface area (Å²) in [6.45, 7) is 8.38. The van der Waals surface area contributed by atoms with Gasteiger partial charge < -0.3 is 19.4 Å². The molecule has 0 saturated carbocycles. The number of hydrogen-bond donors (Lipinski definition) is 0. The van der Waals surface area contributed by atoms with E-state index in [0.717, 1.165) is 24.2 Å². The first kappa shape index (κ1) is 22.1. The van der Waals surface area contributed by atoms with Gasteiger partial charge in [0.15, 0.2) is 0 Å². The van der Waals surface area contributed by atoms with Crippen LogP contribution >= 0.6 is 0 Å². The van der Waals surface area contributed by atoms with Gasteiger partial charge in [0.2, 0.25) is 17.7 Å². The highest BCUT2D eigenvalue weighted by Gasteiger charge is 2.40. The maximum atomic E-state index is 13.1. The zero-order valence-corrected chi connectivity index (χ0v) is 18.5. The minimum Gasteiger partial charge on any atom is -0.497 e. The number of hydrogen-bond acceptors (Lipinski definition) is 4. The number of amides is 3. The second-order valence-electron chi connectivity index (χ2n) is 9.14. The summed E-state index contributed by atoms with van der Waals surface area (Å²) in [7, 11) is 1.61. The van der Waals surface area contributed by atoms with E-state index < -0.39 is 5.41 Å². The second kappa shape index (κ2) is 9.06. The molecule has 1 aromatic rings. The van der Waals surface area contributed by atoms with Gasteiger partial charge in [-0.2, -0.15) is 0 Å². The van der Waals surface area contributed by atoms with Gasteiger partial charge in [-0.3, -0.25) is 14.4 Å². The average Bonchev–Trinajstić information content (AvgIpc) is 3.21. The quantitative estimate of drug-likeness (QED) is 0.754. The molecule has 2 aliphatic heterocycles. The fourth-order valence-corrected chi connectivity index (χ4v) is 4.15. The predicted molar refractivity (Wildman–Crippen MR) is 114 cm³/mol. The van der Waals surface area contributed by atoms with Crippen LogP contribution in [0, 0.1) is 5.41 Å². The highest BCUT2D eigenvalue weighted by atomic mass is 16.5. The Balaban J connectivity index is 1.55. The third-order valence-corrected chi connectivity index (χ3v) is 5.87. The highest BCUT2D eigenvalue weighted by Crippen LogP contribution is 2.27. The summed E-state index contributed by atoms with van der Waals surface area (Å²) in [4.78, 5) is 43.9. The summed E-state index contributed by atoms with van der Waals surface area (Å²) in [6.07, 6.45) is 1.90. The monoisotopic (exact) mass is 415 g/mol. The van der Waals surface area contributed by atoms with E-state index in [0.29, 0.717) is 39.1 Å². The molecular weight excluding hydrogens is 382 g/mol. The molecular formula is C23H33N3O4. The number of ether oxygens (including phenoxy) is 1. The summed E-state index contributed by atoms with van der Waals surface area (Å²) < 4.78 is 5.22. The Morgan fingerprint density at radius 2 is 1.70 bits per heavy atom. The molecule has 1 unspecified atom stereocenters. The van der Waals surface area contributed by atoms with Crippen LogP contribution in [-0.4, -0.2) is 78.3 Å². The molecule has 0 radical (unpaired) electrons. The van der Waals surface area contributed by atoms with Gasteiger partial charge in [0.05, 0.1) is 13.5 Å². The summed E-state index contributed by atoms with van der Waals surface area (Å²) >= 11 is 0. The van der Waals surface area contributed by atoms with E-state index in [1.54, 1.807) is 12.0 Å². The van der Waals surface area contributed by atoms with Gasteiger partial charge in [0.25, 0.3) is 0 Å². The van der Waals surface area contributed by atoms with Crippen molar-refractivity contribution in [1.29, 1.82) is 0 Å². The molecule has 7 heteroatoms. The summed E-state index contributed by atoms with van der Waals surface area (Å²) in [5, 5.41) is 0. The average molecular weight is 416 g/mol. The van der Waals surface area contributed by atoms with E-state index in [1.165, 1.54) is 0 Å². The first-order valence-electron chi connectivity index (χ1n) is 10.7. The Morgan fingerprint density at radius 1 is 1.03 bits per heavy atom. The number of carbonyl (C=O) groups excluding carboxylic acids is 3. The van der Waals surface area contributed by atoms with Gasteiger partial charge in [-0.1, -0.05) is 32.9 Å². The molecule has 0 spiro atoms. The van der Waals surface area contributed by atoms with Crippen molar-refractivity contribution in [3.8, 4) is 5.75 Å². The van der Waals surface area contributed by atoms with Crippen LogP contribution in [0.5, 0.6) is 5.75 Å². The minimum atomic E-state index is -0.492. The SMILES string of the molecule is COc1cccc(CC(=O)N2CCN(C(=O)C3CCCN3C(=O)C(C)(C)C)CC2)c1. The lowest BCUT2D eigenvalue weighted by Crippen LogP contribution is -2.56. The van der Waals surface area contributed by atoms with Crippen molar-refractivity contribution < 1.29 is 19.1 Å². The van der Waals surface area contributed by atoms with Crippen molar-refractivity contribution in [2.45, 2.75) is 46.1 Å². The Hall–Kier alpha value is -2.57. The maximum absolute atomic E-state index is 13.1. The lowest BCUT2D eigenvalue weighted by atomic mass is 9.94. The van der Waals surface area contributed by atoms with Crippen LogP contribution in [0.4, 0.5) is 0 Å². The summed E-state index contributed by atoms with van der Waals surface area (Å²) in [5.41, 5.74) is 0.425. The van der Waals surface area contributed by atoms with Gasteiger partial charge >= 0.3 is 0 Å². The van der Waals surface area contributed by atoms with Crippen molar-refractivity contribution in [3.63, 3.8) is 0 Å². The van der Waals surface area contributed by atoms with E-state index in [2.05, 4.69) is 0 Å². The number of methoxy groups -OCH3 is 1. The largest absolute Gasteiger partial charge is 0.497 e.